The Hall–Kier alpha value is -7.05. The van der Waals surface area contributed by atoms with E-state index in [2.05, 4.69) is 170 Å². The standard InChI is InChI=1S/C53H31N3S2/c1-2-12-32(13-3-1)51-54-52(56-53(55-51)37-24-26-43-42-20-8-9-22-46(42)58-49(43)31-37)36-16-10-15-33(28-36)39-21-11-23-48-50(39)45-30-35(25-27-47(45)57-48)44-29-34-14-4-5-17-38(34)40-18-6-7-19-41(40)44/h1-31H. The second-order valence-electron chi connectivity index (χ2n) is 14.7. The number of nitrogens with zero attached hydrogens (tertiary/aromatic N) is 3. The fraction of sp³-hybridized carbons (Fsp3) is 0. The number of hydrogen-bond acceptors (Lipinski definition) is 5. The molecule has 0 bridgehead atoms. The van der Waals surface area contributed by atoms with E-state index in [4.69, 9.17) is 15.0 Å². The Kier molecular flexibility index (Phi) is 7.58. The Morgan fingerprint density at radius 1 is 0.276 bits per heavy atom. The number of rotatable bonds is 5. The lowest BCUT2D eigenvalue weighted by Crippen LogP contribution is -2.00. The molecule has 58 heavy (non-hydrogen) atoms. The maximum absolute atomic E-state index is 5.17. The Balaban J connectivity index is 1.01. The minimum absolute atomic E-state index is 0.648. The first-order chi connectivity index (χ1) is 28.7. The molecule has 0 spiro atoms. The summed E-state index contributed by atoms with van der Waals surface area (Å²) in [6.07, 6.45) is 0. The number of benzene rings is 9. The molecule has 0 radical (unpaired) electrons. The van der Waals surface area contributed by atoms with E-state index in [1.54, 1.807) is 11.3 Å². The van der Waals surface area contributed by atoms with Crippen LogP contribution in [0.5, 0.6) is 0 Å². The molecule has 3 heterocycles. The van der Waals surface area contributed by atoms with Crippen LogP contribution in [-0.4, -0.2) is 15.0 Å². The van der Waals surface area contributed by atoms with Crippen LogP contribution in [0.3, 0.4) is 0 Å². The molecule has 5 heteroatoms. The fourth-order valence-corrected chi connectivity index (χ4v) is 10.8. The van der Waals surface area contributed by atoms with Crippen LogP contribution in [-0.2, 0) is 0 Å². The van der Waals surface area contributed by atoms with Crippen molar-refractivity contribution < 1.29 is 0 Å². The third kappa shape index (κ3) is 5.43. The van der Waals surface area contributed by atoms with Gasteiger partial charge in [-0.3, -0.25) is 0 Å². The van der Waals surface area contributed by atoms with Gasteiger partial charge in [0.1, 0.15) is 0 Å². The maximum atomic E-state index is 5.17. The Morgan fingerprint density at radius 2 is 0.845 bits per heavy atom. The molecule has 9 aromatic carbocycles. The van der Waals surface area contributed by atoms with E-state index >= 15 is 0 Å². The van der Waals surface area contributed by atoms with Gasteiger partial charge in [0.2, 0.25) is 0 Å². The van der Waals surface area contributed by atoms with Crippen molar-refractivity contribution in [2.45, 2.75) is 0 Å². The molecule has 0 aliphatic carbocycles. The predicted molar refractivity (Wildman–Crippen MR) is 248 cm³/mol. The Labute approximate surface area is 342 Å². The molecule has 0 N–H and O–H groups in total. The Bertz CT molecular complexity index is 3580. The molecular formula is C53H31N3S2. The molecule has 0 fully saturated rings. The van der Waals surface area contributed by atoms with E-state index in [0.717, 1.165) is 22.3 Å². The van der Waals surface area contributed by atoms with Gasteiger partial charge < -0.3 is 0 Å². The third-order valence-electron chi connectivity index (χ3n) is 11.3. The van der Waals surface area contributed by atoms with Crippen molar-refractivity contribution >= 4 is 84.6 Å². The predicted octanol–water partition coefficient (Wildman–Crippen LogP) is 15.2. The van der Waals surface area contributed by atoms with Gasteiger partial charge in [0, 0.05) is 57.0 Å². The molecule has 12 aromatic rings. The highest BCUT2D eigenvalue weighted by molar-refractivity contribution is 7.26. The van der Waals surface area contributed by atoms with E-state index in [1.165, 1.54) is 78.6 Å². The first-order valence-electron chi connectivity index (χ1n) is 19.4. The Morgan fingerprint density at radius 3 is 1.71 bits per heavy atom. The van der Waals surface area contributed by atoms with E-state index in [0.29, 0.717) is 17.5 Å². The highest BCUT2D eigenvalue weighted by Gasteiger charge is 2.17. The molecule has 0 aliphatic heterocycles. The van der Waals surface area contributed by atoms with Crippen LogP contribution in [0.2, 0.25) is 0 Å². The van der Waals surface area contributed by atoms with Gasteiger partial charge in [0.05, 0.1) is 0 Å². The van der Waals surface area contributed by atoms with Gasteiger partial charge in [-0.05, 0) is 86.3 Å². The van der Waals surface area contributed by atoms with Crippen molar-refractivity contribution in [3.05, 3.63) is 188 Å². The lowest BCUT2D eigenvalue weighted by Gasteiger charge is -2.12. The van der Waals surface area contributed by atoms with Crippen molar-refractivity contribution in [3.63, 3.8) is 0 Å². The quantitative estimate of drug-likeness (QED) is 0.164. The summed E-state index contributed by atoms with van der Waals surface area (Å²) < 4.78 is 5.04. The van der Waals surface area contributed by atoms with Crippen LogP contribution in [0.4, 0.5) is 0 Å². The number of fused-ring (bicyclic) bond motifs is 9. The molecule has 270 valence electrons. The summed E-state index contributed by atoms with van der Waals surface area (Å²) in [6.45, 7) is 0. The SMILES string of the molecule is c1ccc(-c2nc(-c3cccc(-c4cccc5sc6ccc(-c7cc8ccccc8c8ccccc78)cc6c45)c3)nc(-c3ccc4c(c3)sc3ccccc34)n2)cc1. The molecule has 0 unspecified atom stereocenters. The molecule has 0 saturated heterocycles. The zero-order chi connectivity index (χ0) is 38.2. The summed E-state index contributed by atoms with van der Waals surface area (Å²) in [4.78, 5) is 15.3. The molecule has 0 saturated carbocycles. The second kappa shape index (κ2) is 13.3. The summed E-state index contributed by atoms with van der Waals surface area (Å²) in [5, 5.41) is 10.1. The number of thiophene rings is 2. The van der Waals surface area contributed by atoms with Gasteiger partial charge in [-0.1, -0.05) is 146 Å². The van der Waals surface area contributed by atoms with Gasteiger partial charge in [-0.15, -0.1) is 22.7 Å². The first kappa shape index (κ1) is 33.1. The fourth-order valence-electron chi connectivity index (χ4n) is 8.57. The van der Waals surface area contributed by atoms with E-state index in [1.807, 2.05) is 29.5 Å². The highest BCUT2D eigenvalue weighted by Crippen LogP contribution is 2.44. The van der Waals surface area contributed by atoms with Crippen molar-refractivity contribution in [2.24, 2.45) is 0 Å². The van der Waals surface area contributed by atoms with E-state index < -0.39 is 0 Å². The molecule has 0 aliphatic rings. The lowest BCUT2D eigenvalue weighted by molar-refractivity contribution is 1.07. The zero-order valence-electron chi connectivity index (χ0n) is 31.1. The van der Waals surface area contributed by atoms with Crippen LogP contribution in [0.1, 0.15) is 0 Å². The largest absolute Gasteiger partial charge is 0.208 e. The average Bonchev–Trinajstić information content (AvgIpc) is 3.87. The van der Waals surface area contributed by atoms with Crippen LogP contribution in [0.25, 0.3) is 118 Å². The minimum atomic E-state index is 0.648. The smallest absolute Gasteiger partial charge is 0.164 e. The third-order valence-corrected chi connectivity index (χ3v) is 13.6. The highest BCUT2D eigenvalue weighted by atomic mass is 32.1. The average molecular weight is 774 g/mol. The molecular weight excluding hydrogens is 743 g/mol. The monoisotopic (exact) mass is 773 g/mol. The van der Waals surface area contributed by atoms with Gasteiger partial charge in [0.25, 0.3) is 0 Å². The molecule has 0 amide bonds. The summed E-state index contributed by atoms with van der Waals surface area (Å²) >= 11 is 3.65. The molecule has 0 atom stereocenters. The molecule has 3 aromatic heterocycles. The zero-order valence-corrected chi connectivity index (χ0v) is 32.7. The van der Waals surface area contributed by atoms with Gasteiger partial charge in [0.15, 0.2) is 17.5 Å². The summed E-state index contributed by atoms with van der Waals surface area (Å²) in [6, 6.07) is 67.5. The minimum Gasteiger partial charge on any atom is -0.208 e. The van der Waals surface area contributed by atoms with Crippen LogP contribution in [0.15, 0.2) is 188 Å². The second-order valence-corrected chi connectivity index (χ2v) is 16.9. The summed E-state index contributed by atoms with van der Waals surface area (Å²) in [5.74, 6) is 1.96. The van der Waals surface area contributed by atoms with Crippen molar-refractivity contribution in [2.75, 3.05) is 0 Å². The first-order valence-corrected chi connectivity index (χ1v) is 21.1. The van der Waals surface area contributed by atoms with Crippen LogP contribution in [0, 0.1) is 0 Å². The van der Waals surface area contributed by atoms with Gasteiger partial charge in [-0.25, -0.2) is 15.0 Å². The number of hydrogen-bond donors (Lipinski definition) is 0. The van der Waals surface area contributed by atoms with Crippen molar-refractivity contribution in [1.82, 2.24) is 15.0 Å². The summed E-state index contributed by atoms with van der Waals surface area (Å²) in [5.41, 5.74) is 7.66. The molecule has 12 rings (SSSR count). The topological polar surface area (TPSA) is 38.7 Å². The van der Waals surface area contributed by atoms with Crippen LogP contribution >= 0.6 is 22.7 Å². The lowest BCUT2D eigenvalue weighted by atomic mass is 9.92. The van der Waals surface area contributed by atoms with Gasteiger partial charge >= 0.3 is 0 Å². The van der Waals surface area contributed by atoms with Crippen LogP contribution < -0.4 is 0 Å². The maximum Gasteiger partial charge on any atom is 0.164 e. The summed E-state index contributed by atoms with van der Waals surface area (Å²) in [7, 11) is 0. The molecule has 3 nitrogen and oxygen atoms in total. The number of aromatic nitrogens is 3. The van der Waals surface area contributed by atoms with Gasteiger partial charge in [-0.2, -0.15) is 0 Å². The van der Waals surface area contributed by atoms with Crippen molar-refractivity contribution in [1.29, 1.82) is 0 Å². The normalized spacial score (nSPS) is 11.8. The van der Waals surface area contributed by atoms with Crippen molar-refractivity contribution in [3.8, 4) is 56.4 Å². The van der Waals surface area contributed by atoms with E-state index in [9.17, 15) is 0 Å². The van der Waals surface area contributed by atoms with E-state index in [-0.39, 0.29) is 0 Å².